The Balaban J connectivity index is 1.59. The van der Waals surface area contributed by atoms with Crippen LogP contribution in [0.3, 0.4) is 0 Å². The normalized spacial score (nSPS) is 21.7. The van der Waals surface area contributed by atoms with Crippen LogP contribution < -0.4 is 4.90 Å². The van der Waals surface area contributed by atoms with Gasteiger partial charge >= 0.3 is 0 Å². The molecule has 1 aliphatic heterocycles. The lowest BCUT2D eigenvalue weighted by molar-refractivity contribution is -0.117. The number of piperazine rings is 1. The number of nitrogens with one attached hydrogen (secondary N) is 1. The number of aromatic nitrogens is 3. The smallest absolute Gasteiger partial charge is 0.142 e. The molecule has 1 atom stereocenters. The summed E-state index contributed by atoms with van der Waals surface area (Å²) in [4.78, 5) is 27.5. The molecule has 2 fully saturated rings. The number of hydrogen-bond donors (Lipinski definition) is 1. The van der Waals surface area contributed by atoms with Gasteiger partial charge < -0.3 is 19.4 Å². The number of ether oxygens (including phenoxy) is 1. The fourth-order valence-corrected chi connectivity index (χ4v) is 3.75. The Kier molecular flexibility index (Phi) is 3.54. The third-order valence-corrected chi connectivity index (χ3v) is 5.08. The van der Waals surface area contributed by atoms with E-state index in [1.54, 1.807) is 13.4 Å². The Morgan fingerprint density at radius 2 is 2.30 bits per heavy atom. The third-order valence-electron chi connectivity index (χ3n) is 5.08. The quantitative estimate of drug-likeness (QED) is 0.835. The van der Waals surface area contributed by atoms with Crippen molar-refractivity contribution in [1.82, 2.24) is 19.9 Å². The van der Waals surface area contributed by atoms with Gasteiger partial charge in [-0.15, -0.1) is 0 Å². The van der Waals surface area contributed by atoms with E-state index in [9.17, 15) is 4.79 Å². The average Bonchev–Trinajstić information content (AvgIpc) is 3.16. The summed E-state index contributed by atoms with van der Waals surface area (Å²) in [6.45, 7) is 2.67. The minimum absolute atomic E-state index is 0.116. The summed E-state index contributed by atoms with van der Waals surface area (Å²) in [6, 6.07) is 2.03. The molecule has 1 unspecified atom stereocenters. The molecule has 2 aromatic rings. The second-order valence-corrected chi connectivity index (χ2v) is 6.37. The summed E-state index contributed by atoms with van der Waals surface area (Å²) in [5.41, 5.74) is 0.994. The Morgan fingerprint density at radius 3 is 3.04 bits per heavy atom. The Hall–Kier alpha value is -1.99. The molecule has 3 heterocycles. The van der Waals surface area contributed by atoms with E-state index >= 15 is 0 Å². The van der Waals surface area contributed by atoms with Gasteiger partial charge in [0.15, 0.2) is 0 Å². The molecule has 0 bridgehead atoms. The molecule has 7 nitrogen and oxygen atoms in total. The maximum Gasteiger partial charge on any atom is 0.142 e. The van der Waals surface area contributed by atoms with Crippen molar-refractivity contribution in [1.29, 1.82) is 0 Å². The summed E-state index contributed by atoms with van der Waals surface area (Å²) in [7, 11) is 1.68. The number of H-pyrrole nitrogens is 1. The molecular formula is C16H21N5O2. The van der Waals surface area contributed by atoms with Gasteiger partial charge in [0.2, 0.25) is 0 Å². The van der Waals surface area contributed by atoms with E-state index in [1.165, 1.54) is 0 Å². The lowest BCUT2D eigenvalue weighted by Crippen LogP contribution is -2.59. The number of fused-ring (bicyclic) bond motifs is 1. The maximum absolute atomic E-state index is 10.9. The SMILES string of the molecule is COC(CC=O)N1CCN(c2ncnc3[nH]ccc23)CC12CC2. The van der Waals surface area contributed by atoms with Gasteiger partial charge in [-0.2, -0.15) is 0 Å². The topological polar surface area (TPSA) is 74.3 Å². The minimum atomic E-state index is -0.116. The lowest BCUT2D eigenvalue weighted by Gasteiger charge is -2.45. The first-order chi connectivity index (χ1) is 11.3. The standard InChI is InChI=1S/C16H21N5O2/c1-23-13(3-9-22)21-8-7-20(10-16(21)4-5-16)15-12-2-6-17-14(12)18-11-19-15/h2,6,9,11,13H,3-5,7-8,10H2,1H3,(H,17,18,19). The van der Waals surface area contributed by atoms with Crippen LogP contribution in [0.5, 0.6) is 0 Å². The molecular weight excluding hydrogens is 294 g/mol. The van der Waals surface area contributed by atoms with Crippen LogP contribution in [0.1, 0.15) is 19.3 Å². The van der Waals surface area contributed by atoms with Crippen molar-refractivity contribution in [2.75, 3.05) is 31.6 Å². The molecule has 0 amide bonds. The molecule has 4 rings (SSSR count). The molecule has 0 aromatic carbocycles. The van der Waals surface area contributed by atoms with Crippen molar-refractivity contribution in [3.8, 4) is 0 Å². The molecule has 122 valence electrons. The zero-order valence-corrected chi connectivity index (χ0v) is 13.2. The van der Waals surface area contributed by atoms with E-state index in [1.807, 2.05) is 12.3 Å². The zero-order valence-electron chi connectivity index (χ0n) is 13.2. The predicted molar refractivity (Wildman–Crippen MR) is 86.3 cm³/mol. The summed E-state index contributed by atoms with van der Waals surface area (Å²) >= 11 is 0. The van der Waals surface area contributed by atoms with Crippen molar-refractivity contribution in [2.24, 2.45) is 0 Å². The molecule has 1 aliphatic carbocycles. The number of nitrogens with zero attached hydrogens (tertiary/aromatic N) is 4. The Morgan fingerprint density at radius 1 is 1.43 bits per heavy atom. The zero-order chi connectivity index (χ0) is 15.9. The van der Waals surface area contributed by atoms with Gasteiger partial charge in [0, 0.05) is 44.9 Å². The number of aldehydes is 1. The van der Waals surface area contributed by atoms with E-state index in [4.69, 9.17) is 4.74 Å². The minimum Gasteiger partial charge on any atom is -0.366 e. The maximum atomic E-state index is 10.9. The van der Waals surface area contributed by atoms with Crippen molar-refractivity contribution < 1.29 is 9.53 Å². The molecule has 2 aliphatic rings. The van der Waals surface area contributed by atoms with Crippen LogP contribution in [0.25, 0.3) is 11.0 Å². The second kappa shape index (κ2) is 5.58. The molecule has 1 saturated carbocycles. The van der Waals surface area contributed by atoms with Gasteiger partial charge in [0.1, 0.15) is 30.3 Å². The highest BCUT2D eigenvalue weighted by molar-refractivity contribution is 5.87. The van der Waals surface area contributed by atoms with Gasteiger partial charge in [-0.3, -0.25) is 4.90 Å². The van der Waals surface area contributed by atoms with Crippen LogP contribution in [0.2, 0.25) is 0 Å². The van der Waals surface area contributed by atoms with Gasteiger partial charge in [-0.05, 0) is 18.9 Å². The van der Waals surface area contributed by atoms with Crippen LogP contribution in [-0.4, -0.2) is 64.6 Å². The Labute approximate surface area is 134 Å². The van der Waals surface area contributed by atoms with Gasteiger partial charge in [0.05, 0.1) is 5.39 Å². The third kappa shape index (κ3) is 2.40. The lowest BCUT2D eigenvalue weighted by atomic mass is 10.1. The van der Waals surface area contributed by atoms with Gasteiger partial charge in [-0.25, -0.2) is 9.97 Å². The molecule has 23 heavy (non-hydrogen) atoms. The van der Waals surface area contributed by atoms with Crippen molar-refractivity contribution in [3.05, 3.63) is 18.6 Å². The number of hydrogen-bond acceptors (Lipinski definition) is 6. The van der Waals surface area contributed by atoms with E-state index in [-0.39, 0.29) is 11.8 Å². The molecule has 1 N–H and O–H groups in total. The summed E-state index contributed by atoms with van der Waals surface area (Å²) in [6.07, 6.45) is 7.06. The van der Waals surface area contributed by atoms with Gasteiger partial charge in [-0.1, -0.05) is 0 Å². The van der Waals surface area contributed by atoms with Crippen LogP contribution in [0, 0.1) is 0 Å². The number of rotatable bonds is 5. The van der Waals surface area contributed by atoms with Crippen molar-refractivity contribution >= 4 is 23.1 Å². The first-order valence-corrected chi connectivity index (χ1v) is 8.04. The first kappa shape index (κ1) is 14.6. The highest BCUT2D eigenvalue weighted by Crippen LogP contribution is 2.46. The number of anilines is 1. The highest BCUT2D eigenvalue weighted by Gasteiger charge is 2.53. The first-order valence-electron chi connectivity index (χ1n) is 8.04. The average molecular weight is 315 g/mol. The van der Waals surface area contributed by atoms with Crippen LogP contribution >= 0.6 is 0 Å². The molecule has 2 aromatic heterocycles. The fourth-order valence-electron chi connectivity index (χ4n) is 3.75. The largest absolute Gasteiger partial charge is 0.366 e. The Bertz CT molecular complexity index is 711. The summed E-state index contributed by atoms with van der Waals surface area (Å²) in [5.74, 6) is 0.992. The van der Waals surface area contributed by atoms with Gasteiger partial charge in [0.25, 0.3) is 0 Å². The number of carbonyl (C=O) groups excluding carboxylic acids is 1. The number of aromatic amines is 1. The van der Waals surface area contributed by atoms with Crippen molar-refractivity contribution in [3.63, 3.8) is 0 Å². The summed E-state index contributed by atoms with van der Waals surface area (Å²) in [5, 5.41) is 1.06. The predicted octanol–water partition coefficient (Wildman–Crippen LogP) is 1.17. The van der Waals surface area contributed by atoms with E-state index in [0.29, 0.717) is 6.42 Å². The summed E-state index contributed by atoms with van der Waals surface area (Å²) < 4.78 is 5.55. The van der Waals surface area contributed by atoms with E-state index in [2.05, 4.69) is 24.8 Å². The monoisotopic (exact) mass is 315 g/mol. The van der Waals surface area contributed by atoms with Crippen LogP contribution in [0.15, 0.2) is 18.6 Å². The second-order valence-electron chi connectivity index (χ2n) is 6.37. The van der Waals surface area contributed by atoms with E-state index in [0.717, 1.165) is 55.6 Å². The molecule has 7 heteroatoms. The molecule has 1 spiro atoms. The number of carbonyl (C=O) groups is 1. The van der Waals surface area contributed by atoms with Crippen LogP contribution in [0.4, 0.5) is 5.82 Å². The van der Waals surface area contributed by atoms with Crippen LogP contribution in [-0.2, 0) is 9.53 Å². The molecule has 1 saturated heterocycles. The fraction of sp³-hybridized carbons (Fsp3) is 0.562. The highest BCUT2D eigenvalue weighted by atomic mass is 16.5. The van der Waals surface area contributed by atoms with Crippen molar-refractivity contribution in [2.45, 2.75) is 31.0 Å². The van der Waals surface area contributed by atoms with E-state index < -0.39 is 0 Å². The molecule has 0 radical (unpaired) electrons. The number of methoxy groups -OCH3 is 1.